The first-order valence-corrected chi connectivity index (χ1v) is 7.91. The molecular formula is C16H19F4NO5. The van der Waals surface area contributed by atoms with E-state index in [0.717, 1.165) is 6.92 Å². The number of benzene rings is 1. The van der Waals surface area contributed by atoms with Crippen LogP contribution in [0.2, 0.25) is 0 Å². The van der Waals surface area contributed by atoms with Gasteiger partial charge in [0.2, 0.25) is 0 Å². The fraction of sp³-hybridized carbons (Fsp3) is 0.562. The van der Waals surface area contributed by atoms with Gasteiger partial charge < -0.3 is 25.4 Å². The highest BCUT2D eigenvalue weighted by Crippen LogP contribution is 2.26. The topological polar surface area (TPSA) is 99.0 Å². The van der Waals surface area contributed by atoms with Gasteiger partial charge in [-0.05, 0) is 13.3 Å². The van der Waals surface area contributed by atoms with Gasteiger partial charge in [-0.1, -0.05) is 6.92 Å². The highest BCUT2D eigenvalue weighted by atomic mass is 19.2. The van der Waals surface area contributed by atoms with Crippen molar-refractivity contribution in [3.8, 4) is 0 Å². The molecular weight excluding hydrogens is 362 g/mol. The number of carbonyl (C=O) groups excluding carboxylic acids is 1. The molecule has 1 heterocycles. The summed E-state index contributed by atoms with van der Waals surface area (Å²) in [4.78, 5) is 12.2. The molecule has 0 radical (unpaired) electrons. The zero-order chi connectivity index (χ0) is 19.8. The maximum absolute atomic E-state index is 14.0. The lowest BCUT2D eigenvalue weighted by Crippen LogP contribution is -2.64. The molecule has 146 valence electrons. The molecule has 0 bridgehead atoms. The fourth-order valence-electron chi connectivity index (χ4n) is 2.89. The molecule has 1 aliphatic heterocycles. The normalized spacial score (nSPS) is 28.9. The maximum atomic E-state index is 14.0. The molecule has 1 fully saturated rings. The molecule has 5 atom stereocenters. The van der Waals surface area contributed by atoms with Crippen LogP contribution >= 0.6 is 0 Å². The number of aliphatic hydroxyl groups is 3. The van der Waals surface area contributed by atoms with Crippen LogP contribution in [-0.4, -0.2) is 58.3 Å². The molecule has 1 aromatic rings. The number of rotatable bonds is 4. The van der Waals surface area contributed by atoms with Gasteiger partial charge >= 0.3 is 0 Å². The van der Waals surface area contributed by atoms with E-state index in [1.54, 1.807) is 6.92 Å². The van der Waals surface area contributed by atoms with E-state index in [4.69, 9.17) is 9.84 Å². The Morgan fingerprint density at radius 3 is 2.04 bits per heavy atom. The highest BCUT2D eigenvalue weighted by molar-refractivity contribution is 5.95. The molecule has 1 aromatic carbocycles. The van der Waals surface area contributed by atoms with Crippen LogP contribution in [0.15, 0.2) is 0 Å². The number of hydrogen-bond acceptors (Lipinski definition) is 5. The number of amides is 1. The van der Waals surface area contributed by atoms with Gasteiger partial charge in [0, 0.05) is 5.56 Å². The molecule has 0 spiro atoms. The predicted molar refractivity (Wildman–Crippen MR) is 80.3 cm³/mol. The number of ether oxygens (including phenoxy) is 1. The smallest absolute Gasteiger partial charge is 0.257 e. The lowest BCUT2D eigenvalue weighted by molar-refractivity contribution is -0.193. The van der Waals surface area contributed by atoms with Crippen molar-refractivity contribution >= 4 is 5.91 Å². The monoisotopic (exact) mass is 381 g/mol. The number of nitrogens with one attached hydrogen (secondary N) is 1. The van der Waals surface area contributed by atoms with Crippen LogP contribution in [0.1, 0.15) is 29.3 Å². The Morgan fingerprint density at radius 2 is 1.58 bits per heavy atom. The predicted octanol–water partition coefficient (Wildman–Crippen LogP) is 0.541. The minimum absolute atomic E-state index is 0.201. The zero-order valence-electron chi connectivity index (χ0n) is 14.0. The van der Waals surface area contributed by atoms with Crippen LogP contribution in [0, 0.1) is 30.2 Å². The SMILES string of the molecule is CC[C@H]1OC(CO)[C@H](O)C(O)[C@@H]1NC(=O)c1c(F)c(F)c(C)c(F)c1F. The Labute approximate surface area is 146 Å². The van der Waals surface area contributed by atoms with E-state index in [1.165, 1.54) is 0 Å². The van der Waals surface area contributed by atoms with Crippen molar-refractivity contribution < 1.29 is 42.4 Å². The van der Waals surface area contributed by atoms with Gasteiger partial charge in [-0.15, -0.1) is 0 Å². The minimum atomic E-state index is -1.87. The van der Waals surface area contributed by atoms with Gasteiger partial charge in [-0.3, -0.25) is 4.79 Å². The van der Waals surface area contributed by atoms with Crippen LogP contribution in [0.5, 0.6) is 0 Å². The van der Waals surface area contributed by atoms with Crippen LogP contribution in [0.25, 0.3) is 0 Å². The van der Waals surface area contributed by atoms with Gasteiger partial charge in [-0.25, -0.2) is 17.6 Å². The van der Waals surface area contributed by atoms with E-state index in [9.17, 15) is 32.6 Å². The second kappa shape index (κ2) is 7.87. The third-order valence-corrected chi connectivity index (χ3v) is 4.44. The summed E-state index contributed by atoms with van der Waals surface area (Å²) in [5.74, 6) is -8.67. The lowest BCUT2D eigenvalue weighted by Gasteiger charge is -2.42. The van der Waals surface area contributed by atoms with Crippen molar-refractivity contribution in [2.45, 2.75) is 50.7 Å². The van der Waals surface area contributed by atoms with Crippen molar-refractivity contribution in [3.05, 3.63) is 34.4 Å². The largest absolute Gasteiger partial charge is 0.394 e. The summed E-state index contributed by atoms with van der Waals surface area (Å²) in [7, 11) is 0. The van der Waals surface area contributed by atoms with Crippen LogP contribution in [-0.2, 0) is 4.74 Å². The van der Waals surface area contributed by atoms with Crippen LogP contribution < -0.4 is 5.32 Å². The average Bonchev–Trinajstić information content (AvgIpc) is 2.62. The Morgan fingerprint density at radius 1 is 1.04 bits per heavy atom. The Bertz CT molecular complexity index is 671. The van der Waals surface area contributed by atoms with E-state index >= 15 is 0 Å². The molecule has 1 aliphatic rings. The maximum Gasteiger partial charge on any atom is 0.257 e. The van der Waals surface area contributed by atoms with E-state index in [-0.39, 0.29) is 6.42 Å². The first-order valence-electron chi connectivity index (χ1n) is 7.91. The number of halogens is 4. The molecule has 1 saturated heterocycles. The van der Waals surface area contributed by atoms with Crippen molar-refractivity contribution in [3.63, 3.8) is 0 Å². The molecule has 2 unspecified atom stereocenters. The summed E-state index contributed by atoms with van der Waals surface area (Å²) in [5, 5.41) is 31.2. The van der Waals surface area contributed by atoms with E-state index in [1.807, 2.05) is 5.32 Å². The van der Waals surface area contributed by atoms with Gasteiger partial charge in [0.15, 0.2) is 23.3 Å². The number of aliphatic hydroxyl groups excluding tert-OH is 3. The summed E-state index contributed by atoms with van der Waals surface area (Å²) in [6, 6.07) is -1.32. The van der Waals surface area contributed by atoms with Gasteiger partial charge in [0.05, 0.1) is 18.8 Å². The summed E-state index contributed by atoms with van der Waals surface area (Å²) in [5.41, 5.74) is -2.39. The summed E-state index contributed by atoms with van der Waals surface area (Å²) in [6.07, 6.45) is -5.06. The molecule has 0 aliphatic carbocycles. The standard InChI is InChI=1S/C16H19F4NO5/c1-3-6-13(15(24)14(23)7(4-22)26-6)21-16(25)8-11(19)9(17)5(2)10(18)12(8)20/h6-7,13-15,22-24H,3-4H2,1-2H3,(H,21,25)/t6-,7?,13-,14+,15?/m1/s1. The Balaban J connectivity index is 2.35. The second-order valence-corrected chi connectivity index (χ2v) is 6.04. The highest BCUT2D eigenvalue weighted by Gasteiger charge is 2.44. The second-order valence-electron chi connectivity index (χ2n) is 6.04. The molecule has 0 saturated carbocycles. The quantitative estimate of drug-likeness (QED) is 0.451. The van der Waals surface area contributed by atoms with Crippen LogP contribution in [0.4, 0.5) is 17.6 Å². The van der Waals surface area contributed by atoms with Crippen LogP contribution in [0.3, 0.4) is 0 Å². The van der Waals surface area contributed by atoms with Crippen molar-refractivity contribution in [1.29, 1.82) is 0 Å². The summed E-state index contributed by atoms with van der Waals surface area (Å²) < 4.78 is 60.5. The molecule has 1 amide bonds. The van der Waals surface area contributed by atoms with E-state index in [0.29, 0.717) is 0 Å². The molecule has 0 aromatic heterocycles. The first kappa shape index (κ1) is 20.6. The first-order chi connectivity index (χ1) is 12.1. The Hall–Kier alpha value is -1.75. The molecule has 4 N–H and O–H groups in total. The molecule has 10 heteroatoms. The zero-order valence-corrected chi connectivity index (χ0v) is 14.0. The minimum Gasteiger partial charge on any atom is -0.394 e. The van der Waals surface area contributed by atoms with E-state index in [2.05, 4.69) is 0 Å². The third kappa shape index (κ3) is 3.41. The van der Waals surface area contributed by atoms with Gasteiger partial charge in [0.1, 0.15) is 23.9 Å². The number of carbonyl (C=O) groups is 1. The number of hydrogen-bond donors (Lipinski definition) is 4. The average molecular weight is 381 g/mol. The van der Waals surface area contributed by atoms with Crippen molar-refractivity contribution in [1.82, 2.24) is 5.32 Å². The lowest BCUT2D eigenvalue weighted by atomic mass is 9.91. The molecule has 2 rings (SSSR count). The third-order valence-electron chi connectivity index (χ3n) is 4.44. The molecule has 26 heavy (non-hydrogen) atoms. The van der Waals surface area contributed by atoms with Crippen molar-refractivity contribution in [2.24, 2.45) is 0 Å². The fourth-order valence-corrected chi connectivity index (χ4v) is 2.89. The van der Waals surface area contributed by atoms with E-state index < -0.39 is 77.4 Å². The Kier molecular flexibility index (Phi) is 6.22. The van der Waals surface area contributed by atoms with Gasteiger partial charge in [-0.2, -0.15) is 0 Å². The van der Waals surface area contributed by atoms with Crippen molar-refractivity contribution in [2.75, 3.05) is 6.61 Å². The van der Waals surface area contributed by atoms with Gasteiger partial charge in [0.25, 0.3) is 5.91 Å². The summed E-state index contributed by atoms with van der Waals surface area (Å²) >= 11 is 0. The summed E-state index contributed by atoms with van der Waals surface area (Å²) in [6.45, 7) is 1.82. The molecule has 6 nitrogen and oxygen atoms in total.